The lowest BCUT2D eigenvalue weighted by Gasteiger charge is -2.33. The minimum Gasteiger partial charge on any atom is -0.379 e. The maximum atomic E-state index is 13.4. The molecule has 0 heterocycles. The Hall–Kier alpha value is -0.960. The fraction of sp³-hybridized carbons (Fsp3) is 0.714. The molecule has 1 unspecified atom stereocenters. The van der Waals surface area contributed by atoms with Gasteiger partial charge in [-0.15, -0.1) is 0 Å². The Morgan fingerprint density at radius 2 is 1.62 bits per heavy atom. The third-order valence-electron chi connectivity index (χ3n) is 5.18. The molecule has 0 radical (unpaired) electrons. The van der Waals surface area contributed by atoms with Crippen LogP contribution in [0.15, 0.2) is 18.2 Å². The molecule has 24 heavy (non-hydrogen) atoms. The highest BCUT2D eigenvalue weighted by atomic mass is 19.2. The van der Waals surface area contributed by atoms with Crippen LogP contribution in [0.25, 0.3) is 0 Å². The van der Waals surface area contributed by atoms with Crippen LogP contribution >= 0.6 is 0 Å². The summed E-state index contributed by atoms with van der Waals surface area (Å²) < 4.78 is 32.1. The molecule has 1 aromatic carbocycles. The molecule has 0 N–H and O–H groups in total. The average Bonchev–Trinajstić information content (AvgIpc) is 2.56. The molecule has 0 saturated carbocycles. The van der Waals surface area contributed by atoms with E-state index in [9.17, 15) is 8.78 Å². The van der Waals surface area contributed by atoms with Gasteiger partial charge in [0.05, 0.1) is 5.60 Å². The van der Waals surface area contributed by atoms with Crippen LogP contribution in [-0.2, 0) is 11.2 Å². The summed E-state index contributed by atoms with van der Waals surface area (Å²) in [4.78, 5) is 0. The smallest absolute Gasteiger partial charge is 0.159 e. The van der Waals surface area contributed by atoms with Gasteiger partial charge < -0.3 is 4.74 Å². The maximum absolute atomic E-state index is 13.4. The van der Waals surface area contributed by atoms with E-state index in [-0.39, 0.29) is 5.60 Å². The van der Waals surface area contributed by atoms with Gasteiger partial charge >= 0.3 is 0 Å². The first-order valence-corrected chi connectivity index (χ1v) is 9.39. The molecular weight excluding hydrogens is 306 g/mol. The largest absolute Gasteiger partial charge is 0.379 e. The van der Waals surface area contributed by atoms with Gasteiger partial charge in [-0.2, -0.15) is 0 Å². The summed E-state index contributed by atoms with van der Waals surface area (Å²) in [6, 6.07) is 4.21. The normalized spacial score (nSPS) is 13.2. The van der Waals surface area contributed by atoms with E-state index in [1.54, 1.807) is 13.2 Å². The zero-order valence-electron chi connectivity index (χ0n) is 15.8. The van der Waals surface area contributed by atoms with E-state index in [4.69, 9.17) is 4.74 Å². The van der Waals surface area contributed by atoms with Gasteiger partial charge in [-0.1, -0.05) is 51.5 Å². The topological polar surface area (TPSA) is 9.23 Å². The van der Waals surface area contributed by atoms with Crippen molar-refractivity contribution >= 4 is 0 Å². The zero-order valence-corrected chi connectivity index (χ0v) is 15.8. The molecule has 138 valence electrons. The van der Waals surface area contributed by atoms with Crippen molar-refractivity contribution in [2.45, 2.75) is 84.2 Å². The first-order valence-electron chi connectivity index (χ1n) is 9.39. The van der Waals surface area contributed by atoms with Crippen LogP contribution in [-0.4, -0.2) is 12.7 Å². The minimum absolute atomic E-state index is 0.192. The number of unbranched alkanes of at least 4 members (excludes halogenated alkanes) is 5. The molecule has 0 aliphatic heterocycles. The quantitative estimate of drug-likeness (QED) is 0.385. The van der Waals surface area contributed by atoms with Crippen LogP contribution in [0.2, 0.25) is 0 Å². The number of halogens is 2. The highest BCUT2D eigenvalue weighted by Gasteiger charge is 2.28. The van der Waals surface area contributed by atoms with E-state index in [1.165, 1.54) is 50.7 Å². The molecule has 0 aliphatic carbocycles. The summed E-state index contributed by atoms with van der Waals surface area (Å²) in [6.45, 7) is 6.48. The molecular formula is C21H34F2O. The van der Waals surface area contributed by atoms with Gasteiger partial charge in [0.25, 0.3) is 0 Å². The highest BCUT2D eigenvalue weighted by molar-refractivity contribution is 5.18. The van der Waals surface area contributed by atoms with Crippen LogP contribution in [0.3, 0.4) is 0 Å². The van der Waals surface area contributed by atoms with E-state index < -0.39 is 11.6 Å². The van der Waals surface area contributed by atoms with Gasteiger partial charge in [0, 0.05) is 7.11 Å². The van der Waals surface area contributed by atoms with Gasteiger partial charge in [0.1, 0.15) is 0 Å². The molecule has 0 saturated heterocycles. The molecule has 0 spiro atoms. The second-order valence-electron chi connectivity index (χ2n) is 7.35. The van der Waals surface area contributed by atoms with Crippen molar-refractivity contribution < 1.29 is 13.5 Å². The lowest BCUT2D eigenvalue weighted by molar-refractivity contribution is -0.0343. The third-order valence-corrected chi connectivity index (χ3v) is 5.18. The Balaban J connectivity index is 2.51. The van der Waals surface area contributed by atoms with Crippen molar-refractivity contribution in [3.63, 3.8) is 0 Å². The molecule has 3 heteroatoms. The van der Waals surface area contributed by atoms with Gasteiger partial charge in [0.15, 0.2) is 11.6 Å². The second-order valence-corrected chi connectivity index (χ2v) is 7.35. The number of hydrogen-bond donors (Lipinski definition) is 0. The summed E-state index contributed by atoms with van der Waals surface area (Å²) in [7, 11) is 1.76. The Labute approximate surface area is 146 Å². The van der Waals surface area contributed by atoms with Gasteiger partial charge in [-0.05, 0) is 56.7 Å². The molecule has 0 bridgehead atoms. The summed E-state index contributed by atoms with van der Waals surface area (Å²) in [5.41, 5.74) is 0.663. The van der Waals surface area contributed by atoms with Crippen LogP contribution in [0, 0.1) is 17.6 Å². The number of aryl methyl sites for hydroxylation is 1. The predicted molar refractivity (Wildman–Crippen MR) is 97.3 cm³/mol. The minimum atomic E-state index is -0.778. The number of benzene rings is 1. The Kier molecular flexibility index (Phi) is 9.50. The van der Waals surface area contributed by atoms with Crippen LogP contribution in [0.5, 0.6) is 0 Å². The second kappa shape index (κ2) is 10.8. The molecule has 1 rings (SSSR count). The average molecular weight is 340 g/mol. The molecule has 0 amide bonds. The Morgan fingerprint density at radius 1 is 0.958 bits per heavy atom. The van der Waals surface area contributed by atoms with Crippen LogP contribution in [0.1, 0.15) is 77.7 Å². The molecule has 1 aromatic rings. The van der Waals surface area contributed by atoms with Crippen molar-refractivity contribution in [3.8, 4) is 0 Å². The maximum Gasteiger partial charge on any atom is 0.159 e. The van der Waals surface area contributed by atoms with Crippen molar-refractivity contribution in [3.05, 3.63) is 35.4 Å². The zero-order chi connectivity index (χ0) is 18.0. The number of hydrogen-bond acceptors (Lipinski definition) is 1. The van der Waals surface area contributed by atoms with Crippen LogP contribution in [0.4, 0.5) is 8.78 Å². The first kappa shape index (κ1) is 21.1. The lowest BCUT2D eigenvalue weighted by Crippen LogP contribution is -2.33. The van der Waals surface area contributed by atoms with Crippen molar-refractivity contribution in [1.29, 1.82) is 0 Å². The fourth-order valence-corrected chi connectivity index (χ4v) is 3.21. The molecule has 1 nitrogen and oxygen atoms in total. The standard InChI is InChI=1S/C21H34F2O/c1-5-6-7-8-9-10-11-18(21(2,3)24-4)14-12-17-13-15-19(22)20(23)16-17/h13,15-16,18H,5-12,14H2,1-4H3. The molecule has 0 aliphatic rings. The van der Waals surface area contributed by atoms with Crippen molar-refractivity contribution in [2.24, 2.45) is 5.92 Å². The number of ether oxygens (including phenoxy) is 1. The van der Waals surface area contributed by atoms with E-state index in [1.807, 2.05) is 0 Å². The van der Waals surface area contributed by atoms with Crippen LogP contribution < -0.4 is 0 Å². The fourth-order valence-electron chi connectivity index (χ4n) is 3.21. The predicted octanol–water partition coefficient (Wildman–Crippen LogP) is 6.69. The van der Waals surface area contributed by atoms with Gasteiger partial charge in [-0.25, -0.2) is 8.78 Å². The number of methoxy groups -OCH3 is 1. The SMILES string of the molecule is CCCCCCCCC(CCc1ccc(F)c(F)c1)C(C)(C)OC. The first-order chi connectivity index (χ1) is 11.4. The van der Waals surface area contributed by atoms with E-state index in [0.717, 1.165) is 24.8 Å². The Morgan fingerprint density at radius 3 is 2.25 bits per heavy atom. The van der Waals surface area contributed by atoms with E-state index in [2.05, 4.69) is 20.8 Å². The third kappa shape index (κ3) is 7.29. The molecule has 0 aromatic heterocycles. The summed E-state index contributed by atoms with van der Waals surface area (Å²) >= 11 is 0. The summed E-state index contributed by atoms with van der Waals surface area (Å²) in [5.74, 6) is -1.12. The highest BCUT2D eigenvalue weighted by Crippen LogP contribution is 2.30. The molecule has 0 fully saturated rings. The van der Waals surface area contributed by atoms with Crippen molar-refractivity contribution in [1.82, 2.24) is 0 Å². The Bertz CT molecular complexity index is 471. The summed E-state index contributed by atoms with van der Waals surface area (Å²) in [6.07, 6.45) is 10.5. The van der Waals surface area contributed by atoms with E-state index >= 15 is 0 Å². The summed E-state index contributed by atoms with van der Waals surface area (Å²) in [5, 5.41) is 0. The van der Waals surface area contributed by atoms with Gasteiger partial charge in [0.2, 0.25) is 0 Å². The van der Waals surface area contributed by atoms with E-state index in [0.29, 0.717) is 5.92 Å². The molecule has 1 atom stereocenters. The number of rotatable bonds is 12. The monoisotopic (exact) mass is 340 g/mol. The lowest BCUT2D eigenvalue weighted by atomic mass is 9.82. The van der Waals surface area contributed by atoms with Crippen molar-refractivity contribution in [2.75, 3.05) is 7.11 Å². The van der Waals surface area contributed by atoms with Gasteiger partial charge in [-0.3, -0.25) is 0 Å².